The molecular weight excluding hydrogens is 305 g/mol. The highest BCUT2D eigenvalue weighted by atomic mass is 19.3. The van der Waals surface area contributed by atoms with E-state index in [4.69, 9.17) is 0 Å². The van der Waals surface area contributed by atoms with Crippen LogP contribution in [0.15, 0.2) is 36.7 Å². The molecule has 1 saturated carbocycles. The van der Waals surface area contributed by atoms with Crippen LogP contribution in [0, 0.1) is 0 Å². The lowest BCUT2D eigenvalue weighted by Crippen LogP contribution is -1.98. The first-order valence-corrected chi connectivity index (χ1v) is 7.28. The number of nitrogens with zero attached hydrogens (tertiary/aromatic N) is 4. The maximum atomic E-state index is 13.5. The van der Waals surface area contributed by atoms with E-state index in [0.29, 0.717) is 16.9 Å². The lowest BCUT2D eigenvalue weighted by molar-refractivity contribution is 0.112. The number of aromatic nitrogens is 4. The van der Waals surface area contributed by atoms with Crippen LogP contribution in [0.4, 0.5) is 13.2 Å². The maximum Gasteiger partial charge on any atom is 0.255 e. The zero-order valence-corrected chi connectivity index (χ0v) is 12.2. The molecule has 3 aromatic rings. The van der Waals surface area contributed by atoms with Crippen molar-refractivity contribution in [3.63, 3.8) is 0 Å². The van der Waals surface area contributed by atoms with E-state index in [1.54, 1.807) is 34.9 Å². The van der Waals surface area contributed by atoms with Gasteiger partial charge in [-0.3, -0.25) is 9.38 Å². The van der Waals surface area contributed by atoms with Gasteiger partial charge in [-0.25, -0.2) is 13.2 Å². The molecule has 1 aromatic carbocycles. The van der Waals surface area contributed by atoms with Gasteiger partial charge in [0.15, 0.2) is 17.6 Å². The summed E-state index contributed by atoms with van der Waals surface area (Å²) in [6, 6.07) is 6.89. The van der Waals surface area contributed by atoms with Crippen molar-refractivity contribution in [2.75, 3.05) is 0 Å². The normalized spacial score (nSPS) is 20.6. The number of benzene rings is 1. The predicted molar refractivity (Wildman–Crippen MR) is 78.0 cm³/mol. The molecular formula is C16H13F3N4. The van der Waals surface area contributed by atoms with Gasteiger partial charge in [-0.1, -0.05) is 24.3 Å². The summed E-state index contributed by atoms with van der Waals surface area (Å²) in [5.41, 5.74) is 2.46. The second-order valence-electron chi connectivity index (χ2n) is 5.81. The summed E-state index contributed by atoms with van der Waals surface area (Å²) in [7, 11) is 0. The molecule has 0 amide bonds. The van der Waals surface area contributed by atoms with Gasteiger partial charge >= 0.3 is 0 Å². The van der Waals surface area contributed by atoms with Gasteiger partial charge in [-0.15, -0.1) is 10.2 Å². The molecule has 0 spiro atoms. The summed E-state index contributed by atoms with van der Waals surface area (Å²) in [5, 5.41) is 7.67. The van der Waals surface area contributed by atoms with Gasteiger partial charge < -0.3 is 0 Å². The van der Waals surface area contributed by atoms with Gasteiger partial charge in [0.1, 0.15) is 0 Å². The zero-order chi connectivity index (χ0) is 16.2. The minimum Gasteiger partial charge on any atom is -0.280 e. The van der Waals surface area contributed by atoms with Crippen LogP contribution in [0.25, 0.3) is 16.9 Å². The molecule has 1 fully saturated rings. The summed E-state index contributed by atoms with van der Waals surface area (Å²) >= 11 is 0. The van der Waals surface area contributed by atoms with E-state index < -0.39 is 18.0 Å². The third-order valence-electron chi connectivity index (χ3n) is 4.11. The maximum absolute atomic E-state index is 13.5. The molecule has 0 N–H and O–H groups in total. The standard InChI is InChI=1S/C16H13F3N4/c1-9(17)15-22-21-14-7-20-13(8-23(14)15)11-4-2-10(3-5-11)12-6-16(12,18)19/h2-5,7-9,12H,6H2,1H3/t9?,12-/m0/s1. The number of alkyl halides is 3. The number of fused-ring (bicyclic) bond motifs is 1. The molecule has 4 nitrogen and oxygen atoms in total. The van der Waals surface area contributed by atoms with Crippen molar-refractivity contribution in [3.05, 3.63) is 48.0 Å². The van der Waals surface area contributed by atoms with Crippen LogP contribution in [-0.4, -0.2) is 25.5 Å². The predicted octanol–water partition coefficient (Wildman–Crippen LogP) is 3.94. The lowest BCUT2D eigenvalue weighted by Gasteiger charge is -2.05. The molecule has 1 aliphatic rings. The monoisotopic (exact) mass is 318 g/mol. The first-order chi connectivity index (χ1) is 11.0. The van der Waals surface area contributed by atoms with Gasteiger partial charge in [0.05, 0.1) is 17.8 Å². The van der Waals surface area contributed by atoms with Crippen LogP contribution in [0.2, 0.25) is 0 Å². The highest BCUT2D eigenvalue weighted by molar-refractivity contribution is 5.60. The van der Waals surface area contributed by atoms with Gasteiger partial charge in [-0.2, -0.15) is 0 Å². The van der Waals surface area contributed by atoms with E-state index in [1.165, 1.54) is 13.1 Å². The van der Waals surface area contributed by atoms with E-state index in [-0.39, 0.29) is 12.2 Å². The summed E-state index contributed by atoms with van der Waals surface area (Å²) in [6.07, 6.45) is 1.83. The molecule has 0 bridgehead atoms. The second kappa shape index (κ2) is 4.78. The van der Waals surface area contributed by atoms with E-state index in [9.17, 15) is 13.2 Å². The Labute approximate surface area is 130 Å². The van der Waals surface area contributed by atoms with E-state index in [1.807, 2.05) is 0 Å². The number of rotatable bonds is 3. The zero-order valence-electron chi connectivity index (χ0n) is 12.2. The van der Waals surface area contributed by atoms with E-state index >= 15 is 0 Å². The van der Waals surface area contributed by atoms with Crippen LogP contribution in [0.5, 0.6) is 0 Å². The number of hydrogen-bond acceptors (Lipinski definition) is 3. The van der Waals surface area contributed by atoms with Crippen molar-refractivity contribution in [2.24, 2.45) is 0 Å². The smallest absolute Gasteiger partial charge is 0.255 e. The van der Waals surface area contributed by atoms with Crippen molar-refractivity contribution in [1.82, 2.24) is 19.6 Å². The van der Waals surface area contributed by atoms with Crippen LogP contribution >= 0.6 is 0 Å². The van der Waals surface area contributed by atoms with Crippen molar-refractivity contribution in [1.29, 1.82) is 0 Å². The largest absolute Gasteiger partial charge is 0.280 e. The van der Waals surface area contributed by atoms with Crippen molar-refractivity contribution in [2.45, 2.75) is 31.4 Å². The molecule has 1 unspecified atom stereocenters. The van der Waals surface area contributed by atoms with Crippen LogP contribution in [-0.2, 0) is 0 Å². The Balaban J connectivity index is 1.70. The number of hydrogen-bond donors (Lipinski definition) is 0. The Morgan fingerprint density at radius 3 is 2.52 bits per heavy atom. The average molecular weight is 318 g/mol. The molecule has 23 heavy (non-hydrogen) atoms. The van der Waals surface area contributed by atoms with Crippen LogP contribution in [0.1, 0.15) is 36.8 Å². The van der Waals surface area contributed by atoms with Gasteiger partial charge in [0.2, 0.25) is 0 Å². The Kier molecular flexibility index (Phi) is 2.94. The fourth-order valence-electron chi connectivity index (χ4n) is 2.70. The highest BCUT2D eigenvalue weighted by Crippen LogP contribution is 2.55. The molecule has 0 radical (unpaired) electrons. The van der Waals surface area contributed by atoms with Gasteiger partial charge in [-0.05, 0) is 12.5 Å². The average Bonchev–Trinajstić information content (AvgIpc) is 2.97. The fourth-order valence-corrected chi connectivity index (χ4v) is 2.70. The Hall–Kier alpha value is -2.44. The summed E-state index contributed by atoms with van der Waals surface area (Å²) in [4.78, 5) is 4.27. The molecule has 118 valence electrons. The topological polar surface area (TPSA) is 43.1 Å². The Morgan fingerprint density at radius 2 is 1.91 bits per heavy atom. The Bertz CT molecular complexity index is 871. The first kappa shape index (κ1) is 14.2. The molecule has 2 aromatic heterocycles. The summed E-state index contributed by atoms with van der Waals surface area (Å²) < 4.78 is 41.3. The molecule has 2 heterocycles. The minimum atomic E-state index is -2.58. The Morgan fingerprint density at radius 1 is 1.22 bits per heavy atom. The molecule has 2 atom stereocenters. The van der Waals surface area contributed by atoms with Crippen molar-refractivity contribution in [3.8, 4) is 11.3 Å². The molecule has 7 heteroatoms. The summed E-state index contributed by atoms with van der Waals surface area (Å²) in [5.74, 6) is -3.05. The third-order valence-corrected chi connectivity index (χ3v) is 4.11. The quantitative estimate of drug-likeness (QED) is 0.734. The van der Waals surface area contributed by atoms with Gasteiger partial charge in [0, 0.05) is 18.2 Å². The van der Waals surface area contributed by atoms with Crippen molar-refractivity contribution >= 4 is 5.65 Å². The lowest BCUT2D eigenvalue weighted by atomic mass is 10.1. The highest BCUT2D eigenvalue weighted by Gasteiger charge is 2.57. The SMILES string of the molecule is CC(F)c1nnc2cnc(-c3ccc([C@@H]4CC4(F)F)cc3)cn12. The summed E-state index contributed by atoms with van der Waals surface area (Å²) in [6.45, 7) is 1.39. The van der Waals surface area contributed by atoms with Crippen LogP contribution < -0.4 is 0 Å². The molecule has 1 aliphatic carbocycles. The number of halogens is 3. The van der Waals surface area contributed by atoms with Crippen molar-refractivity contribution < 1.29 is 13.2 Å². The fraction of sp³-hybridized carbons (Fsp3) is 0.312. The van der Waals surface area contributed by atoms with Crippen LogP contribution in [0.3, 0.4) is 0 Å². The molecule has 0 aliphatic heterocycles. The van der Waals surface area contributed by atoms with Gasteiger partial charge in [0.25, 0.3) is 5.92 Å². The second-order valence-corrected chi connectivity index (χ2v) is 5.81. The van der Waals surface area contributed by atoms with E-state index in [2.05, 4.69) is 15.2 Å². The first-order valence-electron chi connectivity index (χ1n) is 7.28. The molecule has 4 rings (SSSR count). The molecule has 0 saturated heterocycles. The van der Waals surface area contributed by atoms with E-state index in [0.717, 1.165) is 5.56 Å². The third kappa shape index (κ3) is 2.36. The minimum absolute atomic E-state index is 0.0883.